The number of nitrogens with zero attached hydrogens (tertiary/aromatic N) is 1. The standard InChI is InChI=1S/C48H32N2O/c49-31-32-11-13-34(14-12-32)36-15-17-37(18-16-36)40-23-24-42-28-43(26-25-41(42)27-40)44-29-45(38-9-5-2-6-10-38)47-46(30-44)51-48(50-47)39-21-19-35(20-22-39)33-7-3-1-4-8-33/h1-30,48,50H. The molecule has 8 aromatic carbocycles. The maximum Gasteiger partial charge on any atom is 0.196 e. The van der Waals surface area contributed by atoms with E-state index in [-0.39, 0.29) is 6.23 Å². The van der Waals surface area contributed by atoms with Crippen molar-refractivity contribution in [1.29, 1.82) is 5.26 Å². The Kier molecular flexibility index (Phi) is 7.61. The number of benzene rings is 8. The zero-order valence-electron chi connectivity index (χ0n) is 27.8. The van der Waals surface area contributed by atoms with Gasteiger partial charge in [-0.1, -0.05) is 146 Å². The van der Waals surface area contributed by atoms with Crippen LogP contribution in [0.15, 0.2) is 182 Å². The Balaban J connectivity index is 1.01. The van der Waals surface area contributed by atoms with E-state index in [1.54, 1.807) is 0 Å². The number of ether oxygens (including phenoxy) is 1. The molecule has 0 spiro atoms. The number of nitrogens with one attached hydrogen (secondary N) is 1. The first-order chi connectivity index (χ1) is 25.2. The molecule has 8 aromatic rings. The number of nitriles is 1. The van der Waals surface area contributed by atoms with Crippen molar-refractivity contribution in [2.75, 3.05) is 5.32 Å². The van der Waals surface area contributed by atoms with Crippen molar-refractivity contribution >= 4 is 16.5 Å². The first-order valence-corrected chi connectivity index (χ1v) is 17.2. The molecule has 9 rings (SSSR count). The number of hydrogen-bond donors (Lipinski definition) is 1. The van der Waals surface area contributed by atoms with E-state index in [0.29, 0.717) is 5.56 Å². The van der Waals surface area contributed by atoms with E-state index < -0.39 is 0 Å². The van der Waals surface area contributed by atoms with Crippen LogP contribution in [0.2, 0.25) is 0 Å². The summed E-state index contributed by atoms with van der Waals surface area (Å²) < 4.78 is 6.64. The summed E-state index contributed by atoms with van der Waals surface area (Å²) in [7, 11) is 0. The molecule has 1 heterocycles. The van der Waals surface area contributed by atoms with Crippen molar-refractivity contribution in [2.45, 2.75) is 6.23 Å². The first kappa shape index (κ1) is 30.2. The summed E-state index contributed by atoms with van der Waals surface area (Å²) in [5.41, 5.74) is 14.2. The second-order valence-corrected chi connectivity index (χ2v) is 12.9. The number of rotatable bonds is 6. The molecule has 1 aliphatic heterocycles. The fraction of sp³-hybridized carbons (Fsp3) is 0.0208. The van der Waals surface area contributed by atoms with Gasteiger partial charge in [0.15, 0.2) is 6.23 Å². The molecular weight excluding hydrogens is 621 g/mol. The average molecular weight is 653 g/mol. The van der Waals surface area contributed by atoms with Crippen LogP contribution in [0, 0.1) is 11.3 Å². The van der Waals surface area contributed by atoms with Gasteiger partial charge in [0.05, 0.1) is 17.3 Å². The molecule has 0 saturated carbocycles. The molecule has 0 aromatic heterocycles. The minimum absolute atomic E-state index is 0.282. The van der Waals surface area contributed by atoms with Crippen LogP contribution in [-0.4, -0.2) is 0 Å². The highest BCUT2D eigenvalue weighted by Gasteiger charge is 2.27. The molecular formula is C48H32N2O. The lowest BCUT2D eigenvalue weighted by Crippen LogP contribution is -2.10. The Morgan fingerprint density at radius 3 is 1.49 bits per heavy atom. The largest absolute Gasteiger partial charge is 0.464 e. The second-order valence-electron chi connectivity index (χ2n) is 12.9. The van der Waals surface area contributed by atoms with Crippen LogP contribution in [0.25, 0.3) is 66.4 Å². The van der Waals surface area contributed by atoms with Crippen molar-refractivity contribution < 1.29 is 4.74 Å². The van der Waals surface area contributed by atoms with Gasteiger partial charge in [0.25, 0.3) is 0 Å². The van der Waals surface area contributed by atoms with Gasteiger partial charge in [-0.2, -0.15) is 5.26 Å². The van der Waals surface area contributed by atoms with Gasteiger partial charge in [0.2, 0.25) is 0 Å². The Labute approximate surface area is 297 Å². The summed E-state index contributed by atoms with van der Waals surface area (Å²) in [6, 6.07) is 65.9. The van der Waals surface area contributed by atoms with Crippen molar-refractivity contribution in [3.8, 4) is 67.5 Å². The van der Waals surface area contributed by atoms with Crippen molar-refractivity contribution in [3.05, 3.63) is 193 Å². The lowest BCUT2D eigenvalue weighted by Gasteiger charge is -2.13. The molecule has 3 heteroatoms. The zero-order valence-corrected chi connectivity index (χ0v) is 27.8. The first-order valence-electron chi connectivity index (χ1n) is 17.2. The van der Waals surface area contributed by atoms with E-state index >= 15 is 0 Å². The maximum atomic E-state index is 9.12. The summed E-state index contributed by atoms with van der Waals surface area (Å²) in [4.78, 5) is 0. The molecule has 0 aliphatic carbocycles. The molecule has 1 N–H and O–H groups in total. The molecule has 1 unspecified atom stereocenters. The van der Waals surface area contributed by atoms with Crippen LogP contribution in [0.5, 0.6) is 5.75 Å². The summed E-state index contributed by atoms with van der Waals surface area (Å²) >= 11 is 0. The lowest BCUT2D eigenvalue weighted by molar-refractivity contribution is 0.260. The average Bonchev–Trinajstić information content (AvgIpc) is 3.65. The van der Waals surface area contributed by atoms with Gasteiger partial charge in [-0.3, -0.25) is 0 Å². The third kappa shape index (κ3) is 5.90. The van der Waals surface area contributed by atoms with Crippen molar-refractivity contribution in [2.24, 2.45) is 0 Å². The van der Waals surface area contributed by atoms with Gasteiger partial charge in [0.1, 0.15) is 5.75 Å². The maximum absolute atomic E-state index is 9.12. The van der Waals surface area contributed by atoms with Gasteiger partial charge in [-0.05, 0) is 97.2 Å². The monoisotopic (exact) mass is 652 g/mol. The van der Waals surface area contributed by atoms with Crippen LogP contribution >= 0.6 is 0 Å². The fourth-order valence-electron chi connectivity index (χ4n) is 6.99. The summed E-state index contributed by atoms with van der Waals surface area (Å²) in [6.07, 6.45) is -0.282. The molecule has 0 fully saturated rings. The van der Waals surface area contributed by atoms with Crippen LogP contribution in [-0.2, 0) is 0 Å². The minimum atomic E-state index is -0.282. The molecule has 1 aliphatic rings. The number of fused-ring (bicyclic) bond motifs is 2. The van der Waals surface area contributed by atoms with Crippen LogP contribution in [0.1, 0.15) is 17.4 Å². The second kappa shape index (κ2) is 12.9. The molecule has 0 saturated heterocycles. The fourth-order valence-corrected chi connectivity index (χ4v) is 6.99. The Hall–Kier alpha value is -6.89. The smallest absolute Gasteiger partial charge is 0.196 e. The van der Waals surface area contributed by atoms with Crippen LogP contribution in [0.4, 0.5) is 5.69 Å². The molecule has 0 radical (unpaired) electrons. The quantitative estimate of drug-likeness (QED) is 0.194. The van der Waals surface area contributed by atoms with Gasteiger partial charge in [0, 0.05) is 11.1 Å². The molecule has 0 amide bonds. The SMILES string of the molecule is N#Cc1ccc(-c2ccc(-c3ccc4cc(-c5cc6c(c(-c7ccccc7)c5)NC(c5ccc(-c7ccccc7)cc5)O6)ccc4c3)cc2)cc1. The summed E-state index contributed by atoms with van der Waals surface area (Å²) in [5, 5.41) is 15.2. The predicted molar refractivity (Wildman–Crippen MR) is 209 cm³/mol. The van der Waals surface area contributed by atoms with Gasteiger partial charge in [-0.25, -0.2) is 0 Å². The summed E-state index contributed by atoms with van der Waals surface area (Å²) in [5.74, 6) is 0.850. The predicted octanol–water partition coefficient (Wildman–Crippen LogP) is 12.5. The highest BCUT2D eigenvalue weighted by Crippen LogP contribution is 2.47. The molecule has 1 atom stereocenters. The van der Waals surface area contributed by atoms with Crippen LogP contribution < -0.4 is 10.1 Å². The van der Waals surface area contributed by atoms with E-state index in [0.717, 1.165) is 50.4 Å². The van der Waals surface area contributed by atoms with Gasteiger partial charge < -0.3 is 10.1 Å². The van der Waals surface area contributed by atoms with Crippen molar-refractivity contribution in [3.63, 3.8) is 0 Å². The lowest BCUT2D eigenvalue weighted by atomic mass is 9.94. The molecule has 240 valence electrons. The van der Waals surface area contributed by atoms with E-state index in [4.69, 9.17) is 10.00 Å². The Morgan fingerprint density at radius 1 is 0.431 bits per heavy atom. The topological polar surface area (TPSA) is 45.0 Å². The van der Waals surface area contributed by atoms with Gasteiger partial charge >= 0.3 is 0 Å². The van der Waals surface area contributed by atoms with Gasteiger partial charge in [-0.15, -0.1) is 0 Å². The molecule has 0 bridgehead atoms. The van der Waals surface area contributed by atoms with Crippen molar-refractivity contribution in [1.82, 2.24) is 0 Å². The van der Waals surface area contributed by atoms with E-state index in [1.165, 1.54) is 33.0 Å². The Morgan fingerprint density at radius 2 is 0.902 bits per heavy atom. The number of hydrogen-bond acceptors (Lipinski definition) is 3. The summed E-state index contributed by atoms with van der Waals surface area (Å²) in [6.45, 7) is 0. The van der Waals surface area contributed by atoms with E-state index in [1.807, 2.05) is 30.3 Å². The number of anilines is 1. The van der Waals surface area contributed by atoms with Crippen LogP contribution in [0.3, 0.4) is 0 Å². The normalized spacial score (nSPS) is 13.2. The van der Waals surface area contributed by atoms with E-state index in [2.05, 4.69) is 163 Å². The Bertz CT molecular complexity index is 2550. The molecule has 51 heavy (non-hydrogen) atoms. The molecule has 3 nitrogen and oxygen atoms in total. The third-order valence-corrected chi connectivity index (χ3v) is 9.77. The third-order valence-electron chi connectivity index (χ3n) is 9.77. The zero-order chi connectivity index (χ0) is 34.1. The highest BCUT2D eigenvalue weighted by atomic mass is 16.5. The van der Waals surface area contributed by atoms with E-state index in [9.17, 15) is 0 Å². The minimum Gasteiger partial charge on any atom is -0.464 e. The highest BCUT2D eigenvalue weighted by molar-refractivity contribution is 5.94.